The molecule has 1 aliphatic heterocycles. The Bertz CT molecular complexity index is 657. The van der Waals surface area contributed by atoms with Gasteiger partial charge in [0.05, 0.1) is 6.54 Å². The van der Waals surface area contributed by atoms with Crippen LogP contribution in [0, 0.1) is 0 Å². The number of amides is 1. The van der Waals surface area contributed by atoms with Crippen LogP contribution in [0.3, 0.4) is 0 Å². The van der Waals surface area contributed by atoms with Crippen molar-refractivity contribution in [1.29, 1.82) is 0 Å². The van der Waals surface area contributed by atoms with Crippen molar-refractivity contribution in [2.75, 3.05) is 31.6 Å². The Hall–Kier alpha value is -2.20. The van der Waals surface area contributed by atoms with E-state index < -0.39 is 0 Å². The number of pyridine rings is 1. The second-order valence-electron chi connectivity index (χ2n) is 6.09. The lowest BCUT2D eigenvalue weighted by atomic mass is 10.0. The van der Waals surface area contributed by atoms with Gasteiger partial charge in [0, 0.05) is 37.1 Å². The van der Waals surface area contributed by atoms with E-state index in [1.807, 2.05) is 48.5 Å². The minimum Gasteiger partial charge on any atom is -0.311 e. The summed E-state index contributed by atoms with van der Waals surface area (Å²) in [6.07, 6.45) is 4.78. The molecule has 0 radical (unpaired) electrons. The Labute approximate surface area is 137 Å². The number of fused-ring (bicyclic) bond motifs is 1. The molecule has 1 aromatic carbocycles. The fourth-order valence-electron chi connectivity index (χ4n) is 3.04. The fourth-order valence-corrected chi connectivity index (χ4v) is 3.04. The molecule has 23 heavy (non-hydrogen) atoms. The molecular weight excluding hydrogens is 286 g/mol. The largest absolute Gasteiger partial charge is 0.311 e. The molecule has 4 heteroatoms. The number of aromatic nitrogens is 1. The van der Waals surface area contributed by atoms with Crippen molar-refractivity contribution in [1.82, 2.24) is 9.88 Å². The van der Waals surface area contributed by atoms with Gasteiger partial charge in [-0.05, 0) is 43.7 Å². The van der Waals surface area contributed by atoms with Crippen LogP contribution < -0.4 is 4.90 Å². The van der Waals surface area contributed by atoms with Crippen molar-refractivity contribution in [3.63, 3.8) is 0 Å². The van der Waals surface area contributed by atoms with Crippen LogP contribution in [0.5, 0.6) is 0 Å². The first kappa shape index (κ1) is 15.7. The van der Waals surface area contributed by atoms with Crippen molar-refractivity contribution in [3.8, 4) is 0 Å². The summed E-state index contributed by atoms with van der Waals surface area (Å²) in [5, 5.41) is 0. The molecule has 3 rings (SSSR count). The van der Waals surface area contributed by atoms with Crippen LogP contribution in [-0.4, -0.2) is 42.5 Å². The van der Waals surface area contributed by atoms with E-state index in [9.17, 15) is 4.79 Å². The number of carbonyl (C=O) groups is 1. The number of hydrogen-bond donors (Lipinski definition) is 0. The van der Waals surface area contributed by atoms with E-state index in [2.05, 4.69) is 22.0 Å². The molecule has 1 aliphatic rings. The quantitative estimate of drug-likeness (QED) is 0.851. The van der Waals surface area contributed by atoms with Crippen molar-refractivity contribution in [2.24, 2.45) is 0 Å². The zero-order valence-electron chi connectivity index (χ0n) is 13.6. The smallest absolute Gasteiger partial charge is 0.241 e. The number of likely N-dealkylation sites (N-methyl/N-ethyl adjacent to an activating group) is 1. The predicted octanol–water partition coefficient (Wildman–Crippen LogP) is 2.54. The SMILES string of the molecule is CN(CCc1ccccn1)CC(=O)N1CCCc2ccccc21. The first-order chi connectivity index (χ1) is 11.2. The zero-order valence-corrected chi connectivity index (χ0v) is 13.6. The van der Waals surface area contributed by atoms with Gasteiger partial charge < -0.3 is 4.90 Å². The van der Waals surface area contributed by atoms with Gasteiger partial charge in [0.2, 0.25) is 5.91 Å². The molecule has 0 atom stereocenters. The van der Waals surface area contributed by atoms with Crippen molar-refractivity contribution in [3.05, 3.63) is 59.9 Å². The highest BCUT2D eigenvalue weighted by atomic mass is 16.2. The maximum Gasteiger partial charge on any atom is 0.241 e. The molecule has 2 heterocycles. The van der Waals surface area contributed by atoms with Crippen LogP contribution in [0.25, 0.3) is 0 Å². The monoisotopic (exact) mass is 309 g/mol. The van der Waals surface area contributed by atoms with E-state index in [0.717, 1.165) is 43.7 Å². The third-order valence-corrected chi connectivity index (χ3v) is 4.29. The minimum atomic E-state index is 0.181. The first-order valence-corrected chi connectivity index (χ1v) is 8.21. The Morgan fingerprint density at radius 2 is 2.04 bits per heavy atom. The summed E-state index contributed by atoms with van der Waals surface area (Å²) in [5.74, 6) is 0.181. The van der Waals surface area contributed by atoms with E-state index in [1.54, 1.807) is 0 Å². The average molecular weight is 309 g/mol. The Morgan fingerprint density at radius 1 is 1.22 bits per heavy atom. The Morgan fingerprint density at radius 3 is 2.87 bits per heavy atom. The van der Waals surface area contributed by atoms with E-state index >= 15 is 0 Å². The number of para-hydroxylation sites is 1. The van der Waals surface area contributed by atoms with E-state index in [1.165, 1.54) is 5.56 Å². The predicted molar refractivity (Wildman–Crippen MR) is 92.6 cm³/mol. The summed E-state index contributed by atoms with van der Waals surface area (Å²) in [6.45, 7) is 2.10. The molecule has 0 N–H and O–H groups in total. The molecule has 0 bridgehead atoms. The van der Waals surface area contributed by atoms with Crippen molar-refractivity contribution in [2.45, 2.75) is 19.3 Å². The topological polar surface area (TPSA) is 36.4 Å². The number of benzene rings is 1. The van der Waals surface area contributed by atoms with Gasteiger partial charge in [-0.15, -0.1) is 0 Å². The van der Waals surface area contributed by atoms with Crippen molar-refractivity contribution >= 4 is 11.6 Å². The first-order valence-electron chi connectivity index (χ1n) is 8.21. The molecule has 0 aliphatic carbocycles. The van der Waals surface area contributed by atoms with Gasteiger partial charge >= 0.3 is 0 Å². The number of rotatable bonds is 5. The summed E-state index contributed by atoms with van der Waals surface area (Å²) in [6, 6.07) is 14.2. The molecule has 0 unspecified atom stereocenters. The van der Waals surface area contributed by atoms with Crippen LogP contribution in [0.15, 0.2) is 48.7 Å². The molecule has 1 aromatic heterocycles. The van der Waals surface area contributed by atoms with E-state index in [-0.39, 0.29) is 5.91 Å². The Kier molecular flexibility index (Phi) is 5.03. The van der Waals surface area contributed by atoms with Crippen molar-refractivity contribution < 1.29 is 4.79 Å². The van der Waals surface area contributed by atoms with Crippen LogP contribution in [-0.2, 0) is 17.6 Å². The van der Waals surface area contributed by atoms with Gasteiger partial charge in [0.15, 0.2) is 0 Å². The number of nitrogens with zero attached hydrogens (tertiary/aromatic N) is 3. The van der Waals surface area contributed by atoms with Gasteiger partial charge in [0.1, 0.15) is 0 Å². The van der Waals surface area contributed by atoms with E-state index in [4.69, 9.17) is 0 Å². The van der Waals surface area contributed by atoms with E-state index in [0.29, 0.717) is 6.54 Å². The highest BCUT2D eigenvalue weighted by molar-refractivity contribution is 5.95. The van der Waals surface area contributed by atoms with Gasteiger partial charge in [-0.1, -0.05) is 24.3 Å². The third-order valence-electron chi connectivity index (χ3n) is 4.29. The standard InChI is InChI=1S/C19H23N3O/c1-21(14-11-17-9-4-5-12-20-17)15-19(23)22-13-6-8-16-7-2-3-10-18(16)22/h2-5,7,9-10,12H,6,8,11,13-15H2,1H3. The number of carbonyl (C=O) groups excluding carboxylic acids is 1. The summed E-state index contributed by atoms with van der Waals surface area (Å²) in [5.41, 5.74) is 3.43. The maximum atomic E-state index is 12.7. The van der Waals surface area contributed by atoms with Gasteiger partial charge in [0.25, 0.3) is 0 Å². The second kappa shape index (κ2) is 7.38. The lowest BCUT2D eigenvalue weighted by molar-refractivity contribution is -0.119. The molecule has 0 fully saturated rings. The lowest BCUT2D eigenvalue weighted by Gasteiger charge is -2.31. The summed E-state index contributed by atoms with van der Waals surface area (Å²) < 4.78 is 0. The second-order valence-corrected chi connectivity index (χ2v) is 6.09. The highest BCUT2D eigenvalue weighted by Crippen LogP contribution is 2.26. The molecule has 120 valence electrons. The van der Waals surface area contributed by atoms with Crippen LogP contribution >= 0.6 is 0 Å². The lowest BCUT2D eigenvalue weighted by Crippen LogP contribution is -2.42. The average Bonchev–Trinajstić information content (AvgIpc) is 2.60. The molecule has 0 saturated heterocycles. The molecular formula is C19H23N3O. The fraction of sp³-hybridized carbons (Fsp3) is 0.368. The molecule has 1 amide bonds. The number of anilines is 1. The highest BCUT2D eigenvalue weighted by Gasteiger charge is 2.22. The third kappa shape index (κ3) is 3.96. The summed E-state index contributed by atoms with van der Waals surface area (Å²) in [4.78, 5) is 21.0. The van der Waals surface area contributed by atoms with Gasteiger partial charge in [-0.2, -0.15) is 0 Å². The zero-order chi connectivity index (χ0) is 16.1. The summed E-state index contributed by atoms with van der Waals surface area (Å²) in [7, 11) is 2.00. The molecule has 0 spiro atoms. The number of aryl methyl sites for hydroxylation is 1. The van der Waals surface area contributed by atoms with Crippen LogP contribution in [0.1, 0.15) is 17.7 Å². The van der Waals surface area contributed by atoms with Crippen LogP contribution in [0.4, 0.5) is 5.69 Å². The minimum absolute atomic E-state index is 0.181. The maximum absolute atomic E-state index is 12.7. The molecule has 0 saturated carbocycles. The summed E-state index contributed by atoms with van der Waals surface area (Å²) >= 11 is 0. The number of hydrogen-bond acceptors (Lipinski definition) is 3. The molecule has 4 nitrogen and oxygen atoms in total. The molecule has 2 aromatic rings. The van der Waals surface area contributed by atoms with Gasteiger partial charge in [-0.25, -0.2) is 0 Å². The Balaban J connectivity index is 1.57. The normalized spacial score (nSPS) is 13.9. The van der Waals surface area contributed by atoms with Crippen LogP contribution in [0.2, 0.25) is 0 Å². The van der Waals surface area contributed by atoms with Gasteiger partial charge in [-0.3, -0.25) is 14.7 Å².